The average molecular weight is 773 g/mol. The van der Waals surface area contributed by atoms with Crippen LogP contribution in [0.5, 0.6) is 28.7 Å². The van der Waals surface area contributed by atoms with Crippen LogP contribution in [0.25, 0.3) is 22.3 Å². The zero-order valence-electron chi connectivity index (χ0n) is 28.0. The Morgan fingerprint density at radius 3 is 1.91 bits per heavy atom. The summed E-state index contributed by atoms with van der Waals surface area (Å²) in [5, 5.41) is 134. The first-order chi connectivity index (χ1) is 25.6. The largest absolute Gasteiger partial charge is 0.508 e. The molecule has 0 aliphatic carbocycles. The fraction of sp³-hybridized carbons (Fsp3) is 0.545. The van der Waals surface area contributed by atoms with Gasteiger partial charge in [0, 0.05) is 17.7 Å². The maximum absolute atomic E-state index is 14.5. The van der Waals surface area contributed by atoms with Gasteiger partial charge in [-0.25, -0.2) is 0 Å². The molecule has 15 atom stereocenters. The van der Waals surface area contributed by atoms with Gasteiger partial charge in [-0.15, -0.1) is 0 Å². The van der Waals surface area contributed by atoms with E-state index in [2.05, 4.69) is 0 Å². The van der Waals surface area contributed by atoms with Gasteiger partial charge in [0.05, 0.1) is 19.3 Å². The number of hydrogen-bond donors (Lipinski definition) is 13. The monoisotopic (exact) mass is 772 g/mol. The number of aliphatic hydroxyl groups excluding tert-OH is 10. The summed E-state index contributed by atoms with van der Waals surface area (Å²) < 4.78 is 40.0. The minimum absolute atomic E-state index is 0.136. The molecule has 21 heteroatoms. The van der Waals surface area contributed by atoms with Gasteiger partial charge in [-0.05, 0) is 25.1 Å². The van der Waals surface area contributed by atoms with Crippen LogP contribution in [0.4, 0.5) is 0 Å². The highest BCUT2D eigenvalue weighted by molar-refractivity contribution is 5.88. The number of aliphatic hydroxyl groups is 10. The Balaban J connectivity index is 1.48. The number of rotatable bonds is 9. The number of aromatic hydroxyl groups is 3. The Bertz CT molecular complexity index is 1850. The van der Waals surface area contributed by atoms with Gasteiger partial charge in [0.15, 0.2) is 29.7 Å². The molecule has 3 fully saturated rings. The van der Waals surface area contributed by atoms with E-state index in [1.165, 1.54) is 13.0 Å². The van der Waals surface area contributed by atoms with E-state index in [1.54, 1.807) is 0 Å². The van der Waals surface area contributed by atoms with Gasteiger partial charge in [0.2, 0.25) is 23.8 Å². The molecule has 6 rings (SSSR count). The number of phenols is 3. The molecule has 0 radical (unpaired) electrons. The molecule has 21 nitrogen and oxygen atoms in total. The number of hydrogen-bond acceptors (Lipinski definition) is 21. The summed E-state index contributed by atoms with van der Waals surface area (Å²) in [6.45, 7) is -0.386. The van der Waals surface area contributed by atoms with Crippen LogP contribution in [0.15, 0.2) is 39.5 Å². The third-order valence-corrected chi connectivity index (χ3v) is 9.39. The fourth-order valence-corrected chi connectivity index (χ4v) is 6.29. The Morgan fingerprint density at radius 2 is 1.26 bits per heavy atom. The second-order valence-electron chi connectivity index (χ2n) is 13.0. The van der Waals surface area contributed by atoms with E-state index in [-0.39, 0.29) is 5.56 Å². The standard InChI is InChI=1S/C33H40O21/c1-9-19(39)23(43)26(46)31(48-9)54-30-25(45)21(41)17(8-35)52-33(30)53-29-22(42)18-14(49-28(29)10-2-3-12(37)13(38)4-10)5-11(36)6-15(18)50-32-27(47)24(44)20(40)16(7-34)51-32/h2-6,9,16-17,19-21,23-27,30-41,43-47H,7-8H2,1H3/t9-,16+,17+,19-,20+,21+,23+,24-,25-,26+,27+,30+,31-,32+,33-/m0/s1. The second-order valence-corrected chi connectivity index (χ2v) is 13.0. The van der Waals surface area contributed by atoms with Gasteiger partial charge in [-0.3, -0.25) is 4.79 Å². The van der Waals surface area contributed by atoms with Gasteiger partial charge in [-0.2, -0.15) is 0 Å². The molecule has 0 saturated carbocycles. The molecule has 3 aromatic rings. The number of fused-ring (bicyclic) bond motifs is 1. The predicted octanol–water partition coefficient (Wildman–Crippen LogP) is -4.21. The van der Waals surface area contributed by atoms with Crippen molar-refractivity contribution >= 4 is 11.0 Å². The molecule has 3 saturated heterocycles. The summed E-state index contributed by atoms with van der Waals surface area (Å²) in [6.07, 6.45) is -26.5. The summed E-state index contributed by atoms with van der Waals surface area (Å²) in [5.41, 5.74) is -1.71. The van der Waals surface area contributed by atoms with Crippen molar-refractivity contribution in [3.63, 3.8) is 0 Å². The van der Waals surface area contributed by atoms with Crippen LogP contribution >= 0.6 is 0 Å². The number of phenolic OH excluding ortho intramolecular Hbond substituents is 3. The van der Waals surface area contributed by atoms with Crippen LogP contribution in [0.2, 0.25) is 0 Å². The van der Waals surface area contributed by atoms with Gasteiger partial charge in [0.25, 0.3) is 0 Å². The van der Waals surface area contributed by atoms with Crippen molar-refractivity contribution < 1.29 is 99.2 Å². The number of benzene rings is 2. The molecule has 0 amide bonds. The zero-order chi connectivity index (χ0) is 39.3. The summed E-state index contributed by atoms with van der Waals surface area (Å²) in [6, 6.07) is 5.04. The Kier molecular flexibility index (Phi) is 11.5. The van der Waals surface area contributed by atoms with Crippen molar-refractivity contribution in [3.8, 4) is 40.1 Å². The molecule has 13 N–H and O–H groups in total. The first kappa shape index (κ1) is 39.8. The highest BCUT2D eigenvalue weighted by Crippen LogP contribution is 2.41. The van der Waals surface area contributed by atoms with Crippen molar-refractivity contribution in [3.05, 3.63) is 40.6 Å². The van der Waals surface area contributed by atoms with Gasteiger partial charge >= 0.3 is 0 Å². The maximum Gasteiger partial charge on any atom is 0.239 e. The third kappa shape index (κ3) is 7.27. The van der Waals surface area contributed by atoms with Crippen molar-refractivity contribution in [2.24, 2.45) is 0 Å². The SMILES string of the molecule is C[C@@H]1O[C@@H](O[C@H]2[C@H](Oc3c(-c4ccc(O)c(O)c4)oc4cc(O)cc(O[C@@H]5O[C@H](CO)[C@@H](O)[C@H](O)[C@H]5O)c4c3=O)O[C@H](CO)[C@@H](O)[C@@H]2O)[C@H](O)[C@H](O)[C@H]1O. The minimum atomic E-state index is -2.01. The lowest BCUT2D eigenvalue weighted by Crippen LogP contribution is -2.64. The molecule has 0 unspecified atom stereocenters. The van der Waals surface area contributed by atoms with E-state index in [0.29, 0.717) is 0 Å². The smallest absolute Gasteiger partial charge is 0.239 e. The second kappa shape index (κ2) is 15.7. The van der Waals surface area contributed by atoms with Gasteiger partial charge < -0.3 is 99.2 Å². The van der Waals surface area contributed by atoms with E-state index in [0.717, 1.165) is 24.3 Å². The van der Waals surface area contributed by atoms with Crippen molar-refractivity contribution in [2.75, 3.05) is 13.2 Å². The molecule has 1 aromatic heterocycles. The fourth-order valence-electron chi connectivity index (χ4n) is 6.29. The van der Waals surface area contributed by atoms with Crippen LogP contribution in [-0.4, -0.2) is 172 Å². The molecule has 54 heavy (non-hydrogen) atoms. The molecular formula is C33H40O21. The molecule has 0 spiro atoms. The normalized spacial score (nSPS) is 37.3. The van der Waals surface area contributed by atoms with Crippen LogP contribution in [-0.2, 0) is 18.9 Å². The quantitative estimate of drug-likeness (QED) is 0.0917. The highest BCUT2D eigenvalue weighted by Gasteiger charge is 2.51. The molecule has 3 aliphatic rings. The molecule has 4 heterocycles. The summed E-state index contributed by atoms with van der Waals surface area (Å²) >= 11 is 0. The lowest BCUT2D eigenvalue weighted by molar-refractivity contribution is -0.354. The van der Waals surface area contributed by atoms with Crippen LogP contribution in [0, 0.1) is 0 Å². The van der Waals surface area contributed by atoms with E-state index in [4.69, 9.17) is 32.8 Å². The molecule has 3 aliphatic heterocycles. The summed E-state index contributed by atoms with van der Waals surface area (Å²) in [4.78, 5) is 14.5. The van der Waals surface area contributed by atoms with Crippen molar-refractivity contribution in [1.82, 2.24) is 0 Å². The van der Waals surface area contributed by atoms with Gasteiger partial charge in [-0.1, -0.05) is 0 Å². The van der Waals surface area contributed by atoms with Crippen LogP contribution < -0.4 is 14.9 Å². The topological polar surface area (TPSA) is 349 Å². The molecule has 2 aromatic carbocycles. The lowest BCUT2D eigenvalue weighted by Gasteiger charge is -2.45. The Hall–Kier alpha value is -3.91. The third-order valence-electron chi connectivity index (χ3n) is 9.39. The van der Waals surface area contributed by atoms with Crippen molar-refractivity contribution in [1.29, 1.82) is 0 Å². The zero-order valence-corrected chi connectivity index (χ0v) is 28.0. The Labute approximate surface area is 303 Å². The average Bonchev–Trinajstić information content (AvgIpc) is 3.14. The van der Waals surface area contributed by atoms with E-state index in [1.807, 2.05) is 0 Å². The molecular weight excluding hydrogens is 732 g/mol. The van der Waals surface area contributed by atoms with E-state index >= 15 is 0 Å². The minimum Gasteiger partial charge on any atom is -0.508 e. The van der Waals surface area contributed by atoms with Crippen molar-refractivity contribution in [2.45, 2.75) is 99.0 Å². The molecule has 0 bridgehead atoms. The maximum atomic E-state index is 14.5. The summed E-state index contributed by atoms with van der Waals surface area (Å²) in [5.74, 6) is -3.72. The number of ether oxygens (including phenoxy) is 6. The predicted molar refractivity (Wildman–Crippen MR) is 173 cm³/mol. The first-order valence-electron chi connectivity index (χ1n) is 16.5. The van der Waals surface area contributed by atoms with E-state index in [9.17, 15) is 71.2 Å². The first-order valence-corrected chi connectivity index (χ1v) is 16.5. The Morgan fingerprint density at radius 1 is 0.648 bits per heavy atom. The van der Waals surface area contributed by atoms with Crippen LogP contribution in [0.1, 0.15) is 6.92 Å². The lowest BCUT2D eigenvalue weighted by atomic mass is 9.97. The molecule has 298 valence electrons. The highest BCUT2D eigenvalue weighted by atomic mass is 16.8. The van der Waals surface area contributed by atoms with Gasteiger partial charge in [0.1, 0.15) is 83.5 Å². The summed E-state index contributed by atoms with van der Waals surface area (Å²) in [7, 11) is 0. The van der Waals surface area contributed by atoms with E-state index < -0.39 is 156 Å². The van der Waals surface area contributed by atoms with Crippen LogP contribution in [0.3, 0.4) is 0 Å².